The first kappa shape index (κ1) is 32.0. The fourth-order valence-corrected chi connectivity index (χ4v) is 9.00. The van der Waals surface area contributed by atoms with Gasteiger partial charge in [-0.1, -0.05) is 127 Å². The molecule has 0 aliphatic rings. The predicted octanol–water partition coefficient (Wildman–Crippen LogP) is 14.1. The minimum atomic E-state index is 0.528. The number of hydrogen-bond donors (Lipinski definition) is 0. The van der Waals surface area contributed by atoms with Crippen LogP contribution in [-0.2, 0) is 0 Å². The molecule has 13 aromatic rings. The Hall–Kier alpha value is -8.09. The molecule has 0 spiro atoms. The van der Waals surface area contributed by atoms with Crippen LogP contribution in [0.2, 0.25) is 0 Å². The molecule has 0 bridgehead atoms. The molecule has 0 radical (unpaired) electrons. The van der Waals surface area contributed by atoms with Crippen molar-refractivity contribution in [3.05, 3.63) is 182 Å². The molecule has 13 rings (SSSR count). The number of para-hydroxylation sites is 3. The van der Waals surface area contributed by atoms with Gasteiger partial charge in [0.1, 0.15) is 22.3 Å². The molecule has 0 N–H and O–H groups in total. The number of fused-ring (bicyclic) bond motifs is 11. The highest BCUT2D eigenvalue weighted by atomic mass is 16.3. The van der Waals surface area contributed by atoms with Crippen molar-refractivity contribution in [1.82, 2.24) is 19.5 Å². The molecule has 0 amide bonds. The largest absolute Gasteiger partial charge is 0.456 e. The van der Waals surface area contributed by atoms with Crippen molar-refractivity contribution in [3.8, 4) is 39.9 Å². The van der Waals surface area contributed by atoms with Gasteiger partial charge in [0, 0.05) is 49.0 Å². The second-order valence-electron chi connectivity index (χ2n) is 15.2. The van der Waals surface area contributed by atoms with Crippen molar-refractivity contribution in [2.45, 2.75) is 0 Å². The Morgan fingerprint density at radius 3 is 1.71 bits per heavy atom. The molecule has 6 nitrogen and oxygen atoms in total. The predicted molar refractivity (Wildman–Crippen MR) is 240 cm³/mol. The Balaban J connectivity index is 1.12. The quantitative estimate of drug-likeness (QED) is 0.179. The molecule has 59 heavy (non-hydrogen) atoms. The third-order valence-corrected chi connectivity index (χ3v) is 11.8. The van der Waals surface area contributed by atoms with Crippen LogP contribution in [0.3, 0.4) is 0 Å². The molecular weight excluding hydrogens is 725 g/mol. The van der Waals surface area contributed by atoms with E-state index in [1.807, 2.05) is 36.4 Å². The summed E-state index contributed by atoms with van der Waals surface area (Å²) in [6.45, 7) is 0. The van der Waals surface area contributed by atoms with Gasteiger partial charge in [-0.2, -0.15) is 9.97 Å². The lowest BCUT2D eigenvalue weighted by atomic mass is 9.99. The highest BCUT2D eigenvalue weighted by Crippen LogP contribution is 2.42. The van der Waals surface area contributed by atoms with E-state index in [4.69, 9.17) is 23.8 Å². The van der Waals surface area contributed by atoms with Crippen molar-refractivity contribution in [2.75, 3.05) is 0 Å². The molecule has 274 valence electrons. The summed E-state index contributed by atoms with van der Waals surface area (Å²) in [5.74, 6) is 1.67. The minimum absolute atomic E-state index is 0.528. The number of nitrogens with zero attached hydrogens (tertiary/aromatic N) is 4. The third kappa shape index (κ3) is 4.90. The molecule has 4 aromatic heterocycles. The zero-order valence-corrected chi connectivity index (χ0v) is 31.4. The zero-order valence-electron chi connectivity index (χ0n) is 31.4. The molecule has 0 saturated carbocycles. The van der Waals surface area contributed by atoms with Gasteiger partial charge >= 0.3 is 0 Å². The van der Waals surface area contributed by atoms with Gasteiger partial charge in [0.25, 0.3) is 0 Å². The summed E-state index contributed by atoms with van der Waals surface area (Å²) in [5.41, 5.74) is 9.26. The number of benzene rings is 9. The number of hydrogen-bond acceptors (Lipinski definition) is 5. The Labute approximate surface area is 336 Å². The topological polar surface area (TPSA) is 69.9 Å². The van der Waals surface area contributed by atoms with Crippen molar-refractivity contribution in [1.29, 1.82) is 0 Å². The van der Waals surface area contributed by atoms with Crippen molar-refractivity contribution < 1.29 is 8.83 Å². The third-order valence-electron chi connectivity index (χ3n) is 11.8. The summed E-state index contributed by atoms with van der Waals surface area (Å²) in [7, 11) is 0. The lowest BCUT2D eigenvalue weighted by Gasteiger charge is -2.13. The maximum absolute atomic E-state index is 6.37. The molecule has 9 aromatic carbocycles. The van der Waals surface area contributed by atoms with Crippen LogP contribution in [0.4, 0.5) is 0 Å². The fraction of sp³-hybridized carbons (Fsp3) is 0. The van der Waals surface area contributed by atoms with E-state index in [9.17, 15) is 0 Å². The summed E-state index contributed by atoms with van der Waals surface area (Å²) in [5, 5.41) is 11.1. The molecule has 6 heteroatoms. The first-order valence-electron chi connectivity index (χ1n) is 19.8. The molecule has 0 aliphatic heterocycles. The van der Waals surface area contributed by atoms with E-state index < -0.39 is 0 Å². The van der Waals surface area contributed by atoms with E-state index in [1.54, 1.807) is 0 Å². The van der Waals surface area contributed by atoms with E-state index in [0.29, 0.717) is 17.6 Å². The van der Waals surface area contributed by atoms with Gasteiger partial charge in [-0.05, 0) is 81.7 Å². The molecular formula is C53H30N4O2. The molecule has 0 aliphatic carbocycles. The molecule has 4 heterocycles. The van der Waals surface area contributed by atoms with E-state index >= 15 is 0 Å². The average molecular weight is 755 g/mol. The van der Waals surface area contributed by atoms with Gasteiger partial charge in [0.15, 0.2) is 11.6 Å². The SMILES string of the molecule is c1ccc2cc(-c3nc(-c4ccc5c(c4)oc4ccccc45)nc(-n4c5cc6ccccc6cc5c5cccc(-c6ccc7oc8ccccc8c7c6)c54)n3)ccc2c1. The van der Waals surface area contributed by atoms with Crippen molar-refractivity contribution in [2.24, 2.45) is 0 Å². The highest BCUT2D eigenvalue weighted by Gasteiger charge is 2.22. The second kappa shape index (κ2) is 12.2. The van der Waals surface area contributed by atoms with Crippen LogP contribution in [0.1, 0.15) is 0 Å². The lowest BCUT2D eigenvalue weighted by Crippen LogP contribution is -2.07. The summed E-state index contributed by atoms with van der Waals surface area (Å²) >= 11 is 0. The Kier molecular flexibility index (Phi) is 6.63. The maximum Gasteiger partial charge on any atom is 0.238 e. The van der Waals surface area contributed by atoms with Gasteiger partial charge in [0.05, 0.1) is 11.0 Å². The molecule has 0 saturated heterocycles. The first-order chi connectivity index (χ1) is 29.2. The maximum atomic E-state index is 6.37. The normalized spacial score (nSPS) is 12.1. The minimum Gasteiger partial charge on any atom is -0.456 e. The van der Waals surface area contributed by atoms with Crippen LogP contribution >= 0.6 is 0 Å². The van der Waals surface area contributed by atoms with E-state index in [0.717, 1.165) is 104 Å². The van der Waals surface area contributed by atoms with Gasteiger partial charge in [-0.3, -0.25) is 4.57 Å². The lowest BCUT2D eigenvalue weighted by molar-refractivity contribution is 0.668. The number of furan rings is 2. The molecule has 0 unspecified atom stereocenters. The standard InChI is InChI=1S/C53H30N4O2/c1-2-11-32-26-36(21-20-31(32)10-1)51-54-52(37-22-24-41-39-14-5-7-18-46(39)59-49(41)30-37)56-53(55-51)57-45-29-34-13-4-3-12-33(34)27-43(45)42-17-9-16-38(50(42)57)35-23-25-48-44(28-35)40-15-6-8-19-47(40)58-48/h1-30H. The second-order valence-corrected chi connectivity index (χ2v) is 15.2. The summed E-state index contributed by atoms with van der Waals surface area (Å²) in [6.07, 6.45) is 0. The zero-order chi connectivity index (χ0) is 38.6. The summed E-state index contributed by atoms with van der Waals surface area (Å²) in [4.78, 5) is 16.0. The van der Waals surface area contributed by atoms with Crippen LogP contribution in [0.25, 0.3) is 127 Å². The van der Waals surface area contributed by atoms with Gasteiger partial charge in [-0.25, -0.2) is 4.98 Å². The van der Waals surface area contributed by atoms with Gasteiger partial charge in [0.2, 0.25) is 5.95 Å². The molecule has 0 atom stereocenters. The highest BCUT2D eigenvalue weighted by molar-refractivity contribution is 6.17. The van der Waals surface area contributed by atoms with Crippen molar-refractivity contribution >= 4 is 87.2 Å². The summed E-state index contributed by atoms with van der Waals surface area (Å²) in [6, 6.07) is 63.5. The van der Waals surface area contributed by atoms with Gasteiger partial charge < -0.3 is 8.83 Å². The van der Waals surface area contributed by atoms with Crippen LogP contribution in [0, 0.1) is 0 Å². The summed E-state index contributed by atoms with van der Waals surface area (Å²) < 4.78 is 14.9. The number of aromatic nitrogens is 4. The van der Waals surface area contributed by atoms with Gasteiger partial charge in [-0.15, -0.1) is 0 Å². The van der Waals surface area contributed by atoms with E-state index in [2.05, 4.69) is 150 Å². The Bertz CT molecular complexity index is 3870. The van der Waals surface area contributed by atoms with E-state index in [1.165, 1.54) is 5.39 Å². The number of rotatable bonds is 4. The fourth-order valence-electron chi connectivity index (χ4n) is 9.00. The first-order valence-corrected chi connectivity index (χ1v) is 19.8. The smallest absolute Gasteiger partial charge is 0.238 e. The molecule has 0 fully saturated rings. The average Bonchev–Trinajstić information content (AvgIpc) is 3.96. The van der Waals surface area contributed by atoms with Crippen LogP contribution in [-0.4, -0.2) is 19.5 Å². The van der Waals surface area contributed by atoms with Crippen molar-refractivity contribution in [3.63, 3.8) is 0 Å². The Morgan fingerprint density at radius 2 is 0.915 bits per heavy atom. The van der Waals surface area contributed by atoms with Crippen LogP contribution < -0.4 is 0 Å². The Morgan fingerprint density at radius 1 is 0.339 bits per heavy atom. The van der Waals surface area contributed by atoms with Crippen LogP contribution in [0.5, 0.6) is 0 Å². The monoisotopic (exact) mass is 754 g/mol. The van der Waals surface area contributed by atoms with Crippen LogP contribution in [0.15, 0.2) is 191 Å². The van der Waals surface area contributed by atoms with E-state index in [-0.39, 0.29) is 0 Å².